The number of carbonyl (C=O) groups excluding carboxylic acids is 3. The predicted octanol–water partition coefficient (Wildman–Crippen LogP) is 1.93. The summed E-state index contributed by atoms with van der Waals surface area (Å²) in [4.78, 5) is 35.4. The largest absolute Gasteiger partial charge is 0.497 e. The molecule has 0 unspecified atom stereocenters. The quantitative estimate of drug-likeness (QED) is 0.322. The molecule has 2 aromatic rings. The van der Waals surface area contributed by atoms with E-state index in [9.17, 15) is 14.4 Å². The molecule has 0 fully saturated rings. The third-order valence-corrected chi connectivity index (χ3v) is 3.84. The fraction of sp³-hybridized carbons (Fsp3) is 0.273. The van der Waals surface area contributed by atoms with E-state index < -0.39 is 11.8 Å². The van der Waals surface area contributed by atoms with Gasteiger partial charge in [0.25, 0.3) is 5.91 Å². The molecule has 0 spiro atoms. The van der Waals surface area contributed by atoms with Crippen molar-refractivity contribution in [2.24, 2.45) is 11.0 Å². The lowest BCUT2D eigenvalue weighted by Crippen LogP contribution is -2.39. The van der Waals surface area contributed by atoms with Crippen LogP contribution in [0.4, 0.5) is 5.69 Å². The zero-order chi connectivity index (χ0) is 22.6. The second-order valence-corrected chi connectivity index (χ2v) is 6.94. The van der Waals surface area contributed by atoms with Crippen molar-refractivity contribution < 1.29 is 23.9 Å². The lowest BCUT2D eigenvalue weighted by Gasteiger charge is -2.09. The van der Waals surface area contributed by atoms with Crippen LogP contribution in [0, 0.1) is 5.92 Å². The summed E-state index contributed by atoms with van der Waals surface area (Å²) in [6.07, 6.45) is 1.37. The summed E-state index contributed by atoms with van der Waals surface area (Å²) in [5, 5.41) is 8.99. The molecule has 0 bridgehead atoms. The molecule has 0 radical (unpaired) electrons. The Hall–Kier alpha value is -3.88. The third-order valence-electron chi connectivity index (χ3n) is 3.84. The average molecular weight is 426 g/mol. The zero-order valence-electron chi connectivity index (χ0n) is 17.7. The van der Waals surface area contributed by atoms with Gasteiger partial charge in [0.2, 0.25) is 0 Å². The molecule has 0 saturated heterocycles. The first-order valence-corrected chi connectivity index (χ1v) is 9.65. The Kier molecular flexibility index (Phi) is 9.03. The molecule has 0 saturated carbocycles. The molecule has 9 nitrogen and oxygen atoms in total. The molecule has 164 valence electrons. The number of hydrogen-bond donors (Lipinski definition) is 3. The van der Waals surface area contributed by atoms with Gasteiger partial charge in [-0.2, -0.15) is 5.10 Å². The van der Waals surface area contributed by atoms with Gasteiger partial charge in [-0.15, -0.1) is 0 Å². The van der Waals surface area contributed by atoms with Crippen LogP contribution in [0.2, 0.25) is 0 Å². The molecule has 0 heterocycles. The minimum Gasteiger partial charge on any atom is -0.497 e. The molecule has 2 rings (SSSR count). The van der Waals surface area contributed by atoms with E-state index in [4.69, 9.17) is 9.47 Å². The van der Waals surface area contributed by atoms with Gasteiger partial charge in [-0.05, 0) is 35.7 Å². The summed E-state index contributed by atoms with van der Waals surface area (Å²) in [7, 11) is 1.55. The molecule has 0 aliphatic rings. The molecule has 2 aromatic carbocycles. The maximum atomic E-state index is 12.1. The van der Waals surface area contributed by atoms with Gasteiger partial charge in [-0.3, -0.25) is 14.4 Å². The molecule has 3 N–H and O–H groups in total. The highest BCUT2D eigenvalue weighted by Crippen LogP contribution is 2.17. The number of nitrogens with one attached hydrogen (secondary N) is 3. The Bertz CT molecular complexity index is 943. The summed E-state index contributed by atoms with van der Waals surface area (Å²) >= 11 is 0. The van der Waals surface area contributed by atoms with Crippen LogP contribution in [0.3, 0.4) is 0 Å². The van der Waals surface area contributed by atoms with Crippen LogP contribution in [0.25, 0.3) is 0 Å². The standard InChI is InChI=1S/C22H26N4O5/c1-15(2)12-23-21(28)22(29)26-24-13-16-6-4-9-19(10-16)31-14-20(27)25-17-7-5-8-18(11-17)30-3/h4-11,13,15H,12,14H2,1-3H3,(H,23,28)(H,25,27)(H,26,29)/b24-13-. The van der Waals surface area contributed by atoms with E-state index in [1.807, 2.05) is 13.8 Å². The third kappa shape index (κ3) is 8.57. The lowest BCUT2D eigenvalue weighted by molar-refractivity contribution is -0.139. The van der Waals surface area contributed by atoms with Crippen LogP contribution in [0.1, 0.15) is 19.4 Å². The monoisotopic (exact) mass is 426 g/mol. The van der Waals surface area contributed by atoms with E-state index in [1.165, 1.54) is 6.21 Å². The van der Waals surface area contributed by atoms with Crippen molar-refractivity contribution in [2.45, 2.75) is 13.8 Å². The molecule has 0 aliphatic carbocycles. The highest BCUT2D eigenvalue weighted by Gasteiger charge is 2.12. The molecule has 3 amide bonds. The number of benzene rings is 2. The number of hydrogen-bond acceptors (Lipinski definition) is 6. The minimum absolute atomic E-state index is 0.190. The average Bonchev–Trinajstić information content (AvgIpc) is 2.76. The second-order valence-electron chi connectivity index (χ2n) is 6.94. The van der Waals surface area contributed by atoms with Crippen molar-refractivity contribution in [3.05, 3.63) is 54.1 Å². The highest BCUT2D eigenvalue weighted by molar-refractivity contribution is 6.35. The van der Waals surface area contributed by atoms with Crippen molar-refractivity contribution in [1.29, 1.82) is 0 Å². The summed E-state index contributed by atoms with van der Waals surface area (Å²) in [5.74, 6) is -0.600. The first-order chi connectivity index (χ1) is 14.9. The van der Waals surface area contributed by atoms with Gasteiger partial charge >= 0.3 is 11.8 Å². The summed E-state index contributed by atoms with van der Waals surface area (Å²) in [6.45, 7) is 4.06. The molecule has 0 atom stereocenters. The number of rotatable bonds is 9. The van der Waals surface area contributed by atoms with E-state index >= 15 is 0 Å². The SMILES string of the molecule is COc1cccc(NC(=O)COc2cccc(/C=N\NC(=O)C(=O)NCC(C)C)c2)c1. The van der Waals surface area contributed by atoms with Gasteiger partial charge in [0.05, 0.1) is 13.3 Å². The highest BCUT2D eigenvalue weighted by atomic mass is 16.5. The van der Waals surface area contributed by atoms with E-state index in [0.717, 1.165) is 0 Å². The zero-order valence-corrected chi connectivity index (χ0v) is 17.7. The number of nitrogens with zero attached hydrogens (tertiary/aromatic N) is 1. The van der Waals surface area contributed by atoms with Crippen LogP contribution >= 0.6 is 0 Å². The topological polar surface area (TPSA) is 118 Å². The molecular formula is C22H26N4O5. The van der Waals surface area contributed by atoms with Gasteiger partial charge in [-0.1, -0.05) is 32.0 Å². The minimum atomic E-state index is -0.849. The van der Waals surface area contributed by atoms with Gasteiger partial charge in [-0.25, -0.2) is 5.43 Å². The molecule has 0 aromatic heterocycles. The lowest BCUT2D eigenvalue weighted by atomic mass is 10.2. The maximum Gasteiger partial charge on any atom is 0.329 e. The Labute approximate surface area is 180 Å². The second kappa shape index (κ2) is 12.0. The summed E-state index contributed by atoms with van der Waals surface area (Å²) in [6, 6.07) is 13.8. The van der Waals surface area contributed by atoms with Gasteiger partial charge in [0.15, 0.2) is 6.61 Å². The Balaban J connectivity index is 1.83. The first kappa shape index (κ1) is 23.4. The van der Waals surface area contributed by atoms with Crippen molar-refractivity contribution in [3.63, 3.8) is 0 Å². The normalized spacial score (nSPS) is 10.6. The molecule has 0 aliphatic heterocycles. The number of ether oxygens (including phenoxy) is 2. The number of methoxy groups -OCH3 is 1. The smallest absolute Gasteiger partial charge is 0.329 e. The number of hydrazone groups is 1. The van der Waals surface area contributed by atoms with Crippen molar-refractivity contribution >= 4 is 29.6 Å². The summed E-state index contributed by atoms with van der Waals surface area (Å²) in [5.41, 5.74) is 3.38. The van der Waals surface area contributed by atoms with E-state index in [2.05, 4.69) is 21.2 Å². The van der Waals surface area contributed by atoms with Crippen molar-refractivity contribution in [1.82, 2.24) is 10.7 Å². The van der Waals surface area contributed by atoms with Crippen LogP contribution in [0.15, 0.2) is 53.6 Å². The fourth-order valence-corrected chi connectivity index (χ4v) is 2.32. The van der Waals surface area contributed by atoms with Gasteiger partial charge in [0.1, 0.15) is 11.5 Å². The number of carbonyl (C=O) groups is 3. The molecule has 9 heteroatoms. The number of amides is 3. The van der Waals surface area contributed by atoms with E-state index in [-0.39, 0.29) is 18.4 Å². The molecular weight excluding hydrogens is 400 g/mol. The number of anilines is 1. The van der Waals surface area contributed by atoms with Crippen LogP contribution in [0.5, 0.6) is 11.5 Å². The molecule has 31 heavy (non-hydrogen) atoms. The summed E-state index contributed by atoms with van der Waals surface area (Å²) < 4.78 is 10.6. The predicted molar refractivity (Wildman–Crippen MR) is 117 cm³/mol. The Morgan fingerprint density at radius 2 is 1.77 bits per heavy atom. The van der Waals surface area contributed by atoms with E-state index in [0.29, 0.717) is 29.3 Å². The van der Waals surface area contributed by atoms with Crippen molar-refractivity contribution in [2.75, 3.05) is 25.6 Å². The maximum absolute atomic E-state index is 12.1. The Morgan fingerprint density at radius 1 is 1.03 bits per heavy atom. The van der Waals surface area contributed by atoms with Crippen molar-refractivity contribution in [3.8, 4) is 11.5 Å². The van der Waals surface area contributed by atoms with Crippen LogP contribution in [-0.2, 0) is 14.4 Å². The van der Waals surface area contributed by atoms with E-state index in [1.54, 1.807) is 55.6 Å². The fourth-order valence-electron chi connectivity index (χ4n) is 2.32. The van der Waals surface area contributed by atoms with Gasteiger partial charge in [0, 0.05) is 18.3 Å². The first-order valence-electron chi connectivity index (χ1n) is 9.65. The van der Waals surface area contributed by atoms with Gasteiger partial charge < -0.3 is 20.1 Å². The Morgan fingerprint density at radius 3 is 2.52 bits per heavy atom. The van der Waals surface area contributed by atoms with Crippen LogP contribution < -0.4 is 25.5 Å². The van der Waals surface area contributed by atoms with Crippen LogP contribution in [-0.4, -0.2) is 44.2 Å².